The van der Waals surface area contributed by atoms with Gasteiger partial charge < -0.3 is 15.5 Å². The number of hydrogen-bond acceptors (Lipinski definition) is 4. The number of nitrogens with one attached hydrogen (secondary N) is 2. The molecule has 2 N–H and O–H groups in total. The van der Waals surface area contributed by atoms with Crippen LogP contribution < -0.4 is 20.4 Å². The Hall–Kier alpha value is -2.34. The van der Waals surface area contributed by atoms with E-state index in [9.17, 15) is 4.79 Å². The van der Waals surface area contributed by atoms with Gasteiger partial charge in [-0.05, 0) is 36.4 Å². The molecule has 0 fully saturated rings. The minimum Gasteiger partial charge on any atom is -0.388 e. The van der Waals surface area contributed by atoms with E-state index in [0.717, 1.165) is 32.5 Å². The Kier molecular flexibility index (Phi) is 4.09. The Morgan fingerprint density at radius 2 is 1.70 bits per heavy atom. The lowest BCUT2D eigenvalue weighted by Crippen LogP contribution is -2.36. The van der Waals surface area contributed by atoms with E-state index in [-0.39, 0.29) is 6.03 Å². The molecule has 2 amide bonds. The van der Waals surface area contributed by atoms with E-state index in [2.05, 4.69) is 27.7 Å². The van der Waals surface area contributed by atoms with Crippen molar-refractivity contribution in [2.45, 2.75) is 9.79 Å². The fourth-order valence-electron chi connectivity index (χ4n) is 2.56. The van der Waals surface area contributed by atoms with Crippen molar-refractivity contribution in [1.82, 2.24) is 5.32 Å². The molecule has 3 rings (SSSR count). The Balaban J connectivity index is 2.16. The van der Waals surface area contributed by atoms with Crippen molar-refractivity contribution in [1.29, 1.82) is 0 Å². The largest absolute Gasteiger partial charge is 0.388 e. The summed E-state index contributed by atoms with van der Waals surface area (Å²) in [5.41, 5.74) is 3.95. The molecule has 0 saturated carbocycles. The average Bonchev–Trinajstić information content (AvgIpc) is 2.57. The number of rotatable bonds is 2. The third kappa shape index (κ3) is 2.70. The van der Waals surface area contributed by atoms with E-state index in [1.54, 1.807) is 23.7 Å². The quantitative estimate of drug-likeness (QED) is 0.882. The van der Waals surface area contributed by atoms with E-state index < -0.39 is 0 Å². The molecule has 5 nitrogen and oxygen atoms in total. The summed E-state index contributed by atoms with van der Waals surface area (Å²) in [5, 5.41) is 5.88. The molecule has 1 heterocycles. The highest BCUT2D eigenvalue weighted by Crippen LogP contribution is 2.49. The molecule has 0 radical (unpaired) electrons. The molecule has 0 spiro atoms. The van der Waals surface area contributed by atoms with Crippen LogP contribution in [-0.4, -0.2) is 34.2 Å². The molecular weight excluding hydrogens is 308 g/mol. The second-order valence-corrected chi connectivity index (χ2v) is 6.56. The van der Waals surface area contributed by atoms with Gasteiger partial charge >= 0.3 is 6.03 Å². The third-order valence-electron chi connectivity index (χ3n) is 3.83. The number of carbonyl (C=O) groups excluding carboxylic acids is 1. The van der Waals surface area contributed by atoms with Gasteiger partial charge in [-0.25, -0.2) is 4.79 Å². The zero-order chi connectivity index (χ0) is 16.6. The highest BCUT2D eigenvalue weighted by molar-refractivity contribution is 7.99. The fourth-order valence-corrected chi connectivity index (χ4v) is 3.69. The van der Waals surface area contributed by atoms with Gasteiger partial charge in [-0.3, -0.25) is 4.90 Å². The van der Waals surface area contributed by atoms with Crippen molar-refractivity contribution >= 4 is 40.5 Å². The van der Waals surface area contributed by atoms with Gasteiger partial charge in [0.25, 0.3) is 0 Å². The van der Waals surface area contributed by atoms with E-state index in [4.69, 9.17) is 0 Å². The van der Waals surface area contributed by atoms with Crippen LogP contribution in [0.15, 0.2) is 46.2 Å². The molecule has 0 saturated heterocycles. The number of anilines is 4. The minimum atomic E-state index is -0.136. The second kappa shape index (κ2) is 6.04. The molecule has 1 aliphatic heterocycles. The first-order valence-corrected chi connectivity index (χ1v) is 8.19. The molecule has 0 unspecified atom stereocenters. The molecule has 0 aliphatic carbocycles. The molecular formula is C17H20N4OS. The maximum atomic E-state index is 12.4. The predicted molar refractivity (Wildman–Crippen MR) is 97.5 cm³/mol. The van der Waals surface area contributed by atoms with Crippen LogP contribution in [0.3, 0.4) is 0 Å². The first-order chi connectivity index (χ1) is 11.0. The summed E-state index contributed by atoms with van der Waals surface area (Å²) in [6, 6.07) is 12.0. The molecule has 0 bridgehead atoms. The average molecular weight is 328 g/mol. The molecule has 6 heteroatoms. The lowest BCUT2D eigenvalue weighted by molar-refractivity contribution is 0.250. The van der Waals surface area contributed by atoms with E-state index >= 15 is 0 Å². The molecule has 0 aromatic heterocycles. The van der Waals surface area contributed by atoms with Gasteiger partial charge in [0.15, 0.2) is 0 Å². The van der Waals surface area contributed by atoms with Gasteiger partial charge in [0.05, 0.1) is 11.4 Å². The highest BCUT2D eigenvalue weighted by atomic mass is 32.2. The molecule has 0 atom stereocenters. The SMILES string of the molecule is CNC(=O)N1c2ccc(NC)cc2Sc2cc(N(C)C)ccc21. The van der Waals surface area contributed by atoms with Crippen molar-refractivity contribution in [2.75, 3.05) is 43.3 Å². The van der Waals surface area contributed by atoms with Crippen LogP contribution in [0.1, 0.15) is 0 Å². The summed E-state index contributed by atoms with van der Waals surface area (Å²) in [4.78, 5) is 18.4. The summed E-state index contributed by atoms with van der Waals surface area (Å²) in [6.07, 6.45) is 0. The maximum Gasteiger partial charge on any atom is 0.326 e. The number of urea groups is 1. The molecule has 2 aromatic carbocycles. The summed E-state index contributed by atoms with van der Waals surface area (Å²) in [5.74, 6) is 0. The van der Waals surface area contributed by atoms with E-state index in [0.29, 0.717) is 0 Å². The summed E-state index contributed by atoms with van der Waals surface area (Å²) in [7, 11) is 7.57. The first kappa shape index (κ1) is 15.6. The van der Waals surface area contributed by atoms with Crippen LogP contribution in [0.4, 0.5) is 27.5 Å². The summed E-state index contributed by atoms with van der Waals surface area (Å²) < 4.78 is 0. The van der Waals surface area contributed by atoms with Crippen LogP contribution in [0.25, 0.3) is 0 Å². The number of nitrogens with zero attached hydrogens (tertiary/aromatic N) is 2. The summed E-state index contributed by atoms with van der Waals surface area (Å²) in [6.45, 7) is 0. The number of amides is 2. The van der Waals surface area contributed by atoms with Crippen LogP contribution in [-0.2, 0) is 0 Å². The summed E-state index contributed by atoms with van der Waals surface area (Å²) >= 11 is 1.69. The van der Waals surface area contributed by atoms with Gasteiger partial charge in [0.1, 0.15) is 0 Å². The van der Waals surface area contributed by atoms with Crippen molar-refractivity contribution in [3.05, 3.63) is 36.4 Å². The van der Waals surface area contributed by atoms with E-state index in [1.165, 1.54) is 0 Å². The van der Waals surface area contributed by atoms with Crippen molar-refractivity contribution in [3.8, 4) is 0 Å². The Labute approximate surface area is 140 Å². The second-order valence-electron chi connectivity index (χ2n) is 5.47. The van der Waals surface area contributed by atoms with Gasteiger partial charge in [-0.1, -0.05) is 11.8 Å². The Morgan fingerprint density at radius 1 is 1.04 bits per heavy atom. The molecule has 23 heavy (non-hydrogen) atoms. The molecule has 2 aromatic rings. The van der Waals surface area contributed by atoms with Gasteiger partial charge in [0.2, 0.25) is 0 Å². The van der Waals surface area contributed by atoms with Crippen LogP contribution in [0.2, 0.25) is 0 Å². The smallest absolute Gasteiger partial charge is 0.326 e. The third-order valence-corrected chi connectivity index (χ3v) is 4.92. The zero-order valence-electron chi connectivity index (χ0n) is 13.7. The lowest BCUT2D eigenvalue weighted by atomic mass is 10.2. The molecule has 120 valence electrons. The highest BCUT2D eigenvalue weighted by Gasteiger charge is 2.28. The number of fused-ring (bicyclic) bond motifs is 2. The van der Waals surface area contributed by atoms with Gasteiger partial charge in [0, 0.05) is 49.4 Å². The first-order valence-electron chi connectivity index (χ1n) is 7.38. The van der Waals surface area contributed by atoms with Gasteiger partial charge in [-0.2, -0.15) is 0 Å². The zero-order valence-corrected chi connectivity index (χ0v) is 14.5. The monoisotopic (exact) mass is 328 g/mol. The van der Waals surface area contributed by atoms with Crippen molar-refractivity contribution < 1.29 is 4.79 Å². The van der Waals surface area contributed by atoms with E-state index in [1.807, 2.05) is 45.4 Å². The number of benzene rings is 2. The number of hydrogen-bond donors (Lipinski definition) is 2. The predicted octanol–water partition coefficient (Wildman–Crippen LogP) is 3.74. The van der Waals surface area contributed by atoms with Crippen LogP contribution in [0, 0.1) is 0 Å². The topological polar surface area (TPSA) is 47.6 Å². The van der Waals surface area contributed by atoms with Gasteiger partial charge in [-0.15, -0.1) is 0 Å². The van der Waals surface area contributed by atoms with Crippen molar-refractivity contribution in [2.24, 2.45) is 0 Å². The minimum absolute atomic E-state index is 0.136. The standard InChI is InChI=1S/C17H20N4OS/c1-18-11-5-7-13-15(9-11)23-16-10-12(20(3)4)6-8-14(16)21(13)17(22)19-2/h5-10,18H,1-4H3,(H,19,22). The Bertz CT molecular complexity index is 760. The fraction of sp³-hybridized carbons (Fsp3) is 0.235. The van der Waals surface area contributed by atoms with Crippen molar-refractivity contribution in [3.63, 3.8) is 0 Å². The van der Waals surface area contributed by atoms with Crippen LogP contribution >= 0.6 is 11.8 Å². The number of carbonyl (C=O) groups is 1. The molecule has 1 aliphatic rings. The van der Waals surface area contributed by atoms with Crippen LogP contribution in [0.5, 0.6) is 0 Å². The lowest BCUT2D eigenvalue weighted by Gasteiger charge is -2.31. The normalized spacial score (nSPS) is 12.3. The Morgan fingerprint density at radius 3 is 2.30 bits per heavy atom. The maximum absolute atomic E-state index is 12.4.